The average molecular weight is 470 g/mol. The summed E-state index contributed by atoms with van der Waals surface area (Å²) >= 11 is 0. The van der Waals surface area contributed by atoms with Crippen LogP contribution >= 0.6 is 0 Å². The SMILES string of the molecule is CC1(n2cnnc2O[C@@H]2CC[C@H](c3cnc(Nc4ccc(S(N)(=O)=O)cc4)nc3)C2)CCC1. The summed E-state index contributed by atoms with van der Waals surface area (Å²) in [5.74, 6) is 0.767. The van der Waals surface area contributed by atoms with E-state index >= 15 is 0 Å². The molecule has 11 heteroatoms. The number of nitrogens with one attached hydrogen (secondary N) is 1. The minimum Gasteiger partial charge on any atom is -0.460 e. The number of sulfonamides is 1. The topological polar surface area (TPSA) is 138 Å². The molecule has 1 aromatic carbocycles. The zero-order valence-electron chi connectivity index (χ0n) is 18.4. The van der Waals surface area contributed by atoms with Gasteiger partial charge in [0, 0.05) is 23.6 Å². The first-order valence-electron chi connectivity index (χ1n) is 11.1. The predicted molar refractivity (Wildman–Crippen MR) is 122 cm³/mol. The lowest BCUT2D eigenvalue weighted by Gasteiger charge is -2.39. The molecule has 174 valence electrons. The highest BCUT2D eigenvalue weighted by molar-refractivity contribution is 7.89. The molecule has 3 aromatic rings. The van der Waals surface area contributed by atoms with Gasteiger partial charge in [0.15, 0.2) is 0 Å². The molecule has 0 aliphatic heterocycles. The fourth-order valence-electron chi connectivity index (χ4n) is 4.57. The second-order valence-electron chi connectivity index (χ2n) is 9.12. The van der Waals surface area contributed by atoms with Gasteiger partial charge in [0.1, 0.15) is 12.4 Å². The van der Waals surface area contributed by atoms with Crippen molar-refractivity contribution >= 4 is 21.7 Å². The Hall–Kier alpha value is -3.05. The molecule has 2 aliphatic rings. The lowest BCUT2D eigenvalue weighted by Crippen LogP contribution is -2.37. The summed E-state index contributed by atoms with van der Waals surface area (Å²) in [5.41, 5.74) is 1.82. The second-order valence-corrected chi connectivity index (χ2v) is 10.7. The van der Waals surface area contributed by atoms with Gasteiger partial charge in [-0.3, -0.25) is 4.57 Å². The van der Waals surface area contributed by atoms with Crippen LogP contribution in [0, 0.1) is 0 Å². The van der Waals surface area contributed by atoms with Gasteiger partial charge in [-0.05, 0) is 81.2 Å². The van der Waals surface area contributed by atoms with E-state index < -0.39 is 10.0 Å². The van der Waals surface area contributed by atoms with Crippen molar-refractivity contribution in [1.29, 1.82) is 0 Å². The maximum Gasteiger partial charge on any atom is 0.317 e. The minimum absolute atomic E-state index is 0.0577. The normalized spacial score (nSPS) is 22.0. The van der Waals surface area contributed by atoms with Gasteiger partial charge >= 0.3 is 6.01 Å². The van der Waals surface area contributed by atoms with Crippen LogP contribution in [-0.4, -0.2) is 39.3 Å². The molecule has 3 N–H and O–H groups in total. The van der Waals surface area contributed by atoms with Crippen molar-refractivity contribution in [1.82, 2.24) is 24.7 Å². The number of nitrogens with zero attached hydrogens (tertiary/aromatic N) is 5. The lowest BCUT2D eigenvalue weighted by molar-refractivity contribution is 0.119. The van der Waals surface area contributed by atoms with Crippen LogP contribution in [0.3, 0.4) is 0 Å². The Kier molecular flexibility index (Phi) is 5.53. The van der Waals surface area contributed by atoms with E-state index in [4.69, 9.17) is 9.88 Å². The third-order valence-corrected chi connectivity index (χ3v) is 7.70. The first kappa shape index (κ1) is 21.8. The van der Waals surface area contributed by atoms with Crippen molar-refractivity contribution < 1.29 is 13.2 Å². The molecule has 2 aromatic heterocycles. The summed E-state index contributed by atoms with van der Waals surface area (Å²) in [4.78, 5) is 8.90. The smallest absolute Gasteiger partial charge is 0.317 e. The van der Waals surface area contributed by atoms with Gasteiger partial charge in [0.05, 0.1) is 4.90 Å². The first-order chi connectivity index (χ1) is 15.8. The lowest BCUT2D eigenvalue weighted by atomic mass is 9.78. The molecular weight excluding hydrogens is 442 g/mol. The van der Waals surface area contributed by atoms with E-state index in [1.165, 1.54) is 18.6 Å². The van der Waals surface area contributed by atoms with Gasteiger partial charge in [-0.2, -0.15) is 0 Å². The standard InChI is InChI=1S/C22H27N7O3S/c1-22(9-2-10-22)29-14-26-28-21(29)32-18-6-3-15(11-18)16-12-24-20(25-13-16)27-17-4-7-19(8-5-17)33(23,30)31/h4-5,7-8,12-15,18H,2-3,6,9-11H2,1H3,(H2,23,30,31)(H,24,25,27)/t15-,18+/m0/s1. The highest BCUT2D eigenvalue weighted by atomic mass is 32.2. The third kappa shape index (κ3) is 4.55. The van der Waals surface area contributed by atoms with Crippen LogP contribution in [0.5, 0.6) is 6.01 Å². The number of anilines is 2. The van der Waals surface area contributed by atoms with E-state index in [1.807, 2.05) is 12.4 Å². The molecule has 2 saturated carbocycles. The largest absolute Gasteiger partial charge is 0.460 e. The van der Waals surface area contributed by atoms with Crippen molar-refractivity contribution in [3.05, 3.63) is 48.5 Å². The summed E-state index contributed by atoms with van der Waals surface area (Å²) in [6.07, 6.45) is 11.9. The van der Waals surface area contributed by atoms with Crippen LogP contribution < -0.4 is 15.2 Å². The summed E-state index contributed by atoms with van der Waals surface area (Å²) in [7, 11) is -3.72. The zero-order chi connectivity index (χ0) is 23.1. The van der Waals surface area contributed by atoms with Crippen LogP contribution in [-0.2, 0) is 15.6 Å². The number of rotatable bonds is 7. The van der Waals surface area contributed by atoms with Crippen LogP contribution in [0.15, 0.2) is 47.9 Å². The van der Waals surface area contributed by atoms with E-state index in [1.54, 1.807) is 18.5 Å². The number of benzene rings is 1. The Balaban J connectivity index is 1.19. The predicted octanol–water partition coefficient (Wildman–Crippen LogP) is 3.07. The van der Waals surface area contributed by atoms with Gasteiger partial charge < -0.3 is 10.1 Å². The van der Waals surface area contributed by atoms with Gasteiger partial charge in [0.2, 0.25) is 16.0 Å². The number of aromatic nitrogens is 5. The Morgan fingerprint density at radius 2 is 1.88 bits per heavy atom. The summed E-state index contributed by atoms with van der Waals surface area (Å²) in [6.45, 7) is 2.23. The Bertz CT molecular complexity index is 1220. The summed E-state index contributed by atoms with van der Waals surface area (Å²) in [6, 6.07) is 6.75. The van der Waals surface area contributed by atoms with Crippen molar-refractivity contribution in [3.63, 3.8) is 0 Å². The maximum atomic E-state index is 11.4. The molecule has 0 bridgehead atoms. The highest BCUT2D eigenvalue weighted by Crippen LogP contribution is 2.42. The number of ether oxygens (including phenoxy) is 1. The van der Waals surface area contributed by atoms with Gasteiger partial charge in [-0.1, -0.05) is 5.10 Å². The first-order valence-corrected chi connectivity index (χ1v) is 12.6. The molecule has 0 spiro atoms. The fraction of sp³-hybridized carbons (Fsp3) is 0.455. The molecule has 2 fully saturated rings. The molecule has 0 saturated heterocycles. The van der Waals surface area contributed by atoms with Gasteiger partial charge in [-0.15, -0.1) is 5.10 Å². The Morgan fingerprint density at radius 3 is 2.52 bits per heavy atom. The second kappa shape index (κ2) is 8.38. The van der Waals surface area contributed by atoms with Crippen LogP contribution in [0.4, 0.5) is 11.6 Å². The quantitative estimate of drug-likeness (QED) is 0.538. The molecule has 33 heavy (non-hydrogen) atoms. The molecule has 2 atom stereocenters. The summed E-state index contributed by atoms with van der Waals surface area (Å²) in [5, 5.41) is 16.5. The maximum absolute atomic E-state index is 11.4. The molecule has 0 unspecified atom stereocenters. The zero-order valence-corrected chi connectivity index (χ0v) is 19.2. The molecule has 2 heterocycles. The number of primary sulfonamides is 1. The van der Waals surface area contributed by atoms with Gasteiger partial charge in [-0.25, -0.2) is 23.5 Å². The molecule has 0 radical (unpaired) electrons. The number of nitrogens with two attached hydrogens (primary N) is 1. The van der Waals surface area contributed by atoms with E-state index in [2.05, 4.69) is 37.0 Å². The number of hydrogen-bond acceptors (Lipinski definition) is 8. The molecule has 5 rings (SSSR count). The minimum atomic E-state index is -3.72. The van der Waals surface area contributed by atoms with E-state index in [0.717, 1.165) is 37.7 Å². The Morgan fingerprint density at radius 1 is 1.15 bits per heavy atom. The summed E-state index contributed by atoms with van der Waals surface area (Å²) < 4.78 is 31.1. The van der Waals surface area contributed by atoms with E-state index in [9.17, 15) is 8.42 Å². The monoisotopic (exact) mass is 469 g/mol. The Labute approximate surface area is 192 Å². The van der Waals surface area contributed by atoms with E-state index in [-0.39, 0.29) is 16.5 Å². The van der Waals surface area contributed by atoms with Crippen LogP contribution in [0.2, 0.25) is 0 Å². The average Bonchev–Trinajstić information content (AvgIpc) is 3.43. The molecule has 2 aliphatic carbocycles. The van der Waals surface area contributed by atoms with Crippen LogP contribution in [0.25, 0.3) is 0 Å². The van der Waals surface area contributed by atoms with Crippen molar-refractivity contribution in [2.24, 2.45) is 5.14 Å². The molecule has 0 amide bonds. The van der Waals surface area contributed by atoms with Crippen molar-refractivity contribution in [3.8, 4) is 6.01 Å². The fourth-order valence-corrected chi connectivity index (χ4v) is 5.09. The molecular formula is C22H27N7O3S. The molecule has 10 nitrogen and oxygen atoms in total. The highest BCUT2D eigenvalue weighted by Gasteiger charge is 2.37. The van der Waals surface area contributed by atoms with Crippen LogP contribution in [0.1, 0.15) is 56.9 Å². The number of hydrogen-bond donors (Lipinski definition) is 2. The van der Waals surface area contributed by atoms with E-state index in [0.29, 0.717) is 23.6 Å². The van der Waals surface area contributed by atoms with Gasteiger partial charge in [0.25, 0.3) is 0 Å². The van der Waals surface area contributed by atoms with Crippen molar-refractivity contribution in [2.45, 2.75) is 67.9 Å². The third-order valence-electron chi connectivity index (χ3n) is 6.77. The van der Waals surface area contributed by atoms with Crippen molar-refractivity contribution in [2.75, 3.05) is 5.32 Å².